The zero-order valence-corrected chi connectivity index (χ0v) is 21.1. The summed E-state index contributed by atoms with van der Waals surface area (Å²) < 4.78 is 11.7. The van der Waals surface area contributed by atoms with Crippen molar-refractivity contribution in [1.82, 2.24) is 25.2 Å². The lowest BCUT2D eigenvalue weighted by Gasteiger charge is -2.35. The first-order valence-corrected chi connectivity index (χ1v) is 12.7. The number of likely N-dealkylation sites (tertiary alicyclic amines) is 1. The van der Waals surface area contributed by atoms with Gasteiger partial charge in [-0.25, -0.2) is 4.98 Å². The van der Waals surface area contributed by atoms with Crippen LogP contribution in [0.2, 0.25) is 5.02 Å². The molecule has 2 atom stereocenters. The molecule has 1 saturated heterocycles. The quantitative estimate of drug-likeness (QED) is 0.350. The van der Waals surface area contributed by atoms with Gasteiger partial charge in [-0.05, 0) is 37.7 Å². The number of anilines is 2. The van der Waals surface area contributed by atoms with Crippen LogP contribution in [0.1, 0.15) is 28.4 Å². The van der Waals surface area contributed by atoms with Gasteiger partial charge in [-0.2, -0.15) is 0 Å². The summed E-state index contributed by atoms with van der Waals surface area (Å²) in [7, 11) is 3.63. The van der Waals surface area contributed by atoms with Gasteiger partial charge >= 0.3 is 0 Å². The van der Waals surface area contributed by atoms with Crippen molar-refractivity contribution >= 4 is 39.9 Å². The molecule has 10 heteroatoms. The maximum Gasteiger partial charge on any atom is 0.255 e. The van der Waals surface area contributed by atoms with Crippen molar-refractivity contribution in [2.24, 2.45) is 0 Å². The number of aromatic nitrogens is 3. The van der Waals surface area contributed by atoms with E-state index in [0.29, 0.717) is 39.1 Å². The SMILES string of the molecule is COc1c(Cl)cccc1Nc1c(-c2ccnc3ccc(OC4CN(C)C4)nc23)[nH]c2c1C(=O)N[C@H]1C[C@@H]21. The van der Waals surface area contributed by atoms with Gasteiger partial charge in [0.15, 0.2) is 5.75 Å². The number of hydrogen-bond donors (Lipinski definition) is 3. The third kappa shape index (κ3) is 3.69. The van der Waals surface area contributed by atoms with E-state index < -0.39 is 0 Å². The largest absolute Gasteiger partial charge is 0.493 e. The number of amides is 1. The molecule has 0 spiro atoms. The van der Waals surface area contributed by atoms with Crippen LogP contribution < -0.4 is 20.1 Å². The fourth-order valence-electron chi connectivity index (χ4n) is 5.39. The minimum atomic E-state index is -0.107. The summed E-state index contributed by atoms with van der Waals surface area (Å²) in [5, 5.41) is 7.05. The van der Waals surface area contributed by atoms with E-state index in [1.807, 2.05) is 30.3 Å². The number of hydrogen-bond acceptors (Lipinski definition) is 7. The number of para-hydroxylation sites is 1. The topological polar surface area (TPSA) is 104 Å². The Bertz CT molecular complexity index is 1560. The number of nitrogens with one attached hydrogen (secondary N) is 3. The lowest BCUT2D eigenvalue weighted by molar-refractivity contribution is 0.0358. The van der Waals surface area contributed by atoms with Crippen LogP contribution in [0.15, 0.2) is 42.6 Å². The molecule has 2 fully saturated rings. The molecule has 9 nitrogen and oxygen atoms in total. The number of nitrogens with zero attached hydrogens (tertiary/aromatic N) is 3. The highest BCUT2D eigenvalue weighted by atomic mass is 35.5. The Morgan fingerprint density at radius 3 is 2.86 bits per heavy atom. The minimum Gasteiger partial charge on any atom is -0.493 e. The van der Waals surface area contributed by atoms with Crippen LogP contribution in [0.5, 0.6) is 11.6 Å². The summed E-state index contributed by atoms with van der Waals surface area (Å²) in [6.45, 7) is 1.74. The van der Waals surface area contributed by atoms with Crippen molar-refractivity contribution in [3.05, 3.63) is 58.9 Å². The Kier molecular flexibility index (Phi) is 5.06. The third-order valence-corrected chi connectivity index (χ3v) is 7.61. The molecule has 4 aromatic rings. The molecule has 188 valence electrons. The zero-order valence-electron chi connectivity index (χ0n) is 20.3. The van der Waals surface area contributed by atoms with Crippen LogP contribution in [-0.4, -0.2) is 65.2 Å². The van der Waals surface area contributed by atoms with Crippen molar-refractivity contribution in [2.75, 3.05) is 32.6 Å². The van der Waals surface area contributed by atoms with Crippen LogP contribution in [0.3, 0.4) is 0 Å². The first kappa shape index (κ1) is 22.4. The highest BCUT2D eigenvalue weighted by Gasteiger charge is 2.48. The number of aromatic amines is 1. The van der Waals surface area contributed by atoms with Gasteiger partial charge in [-0.15, -0.1) is 0 Å². The molecule has 3 aromatic heterocycles. The number of fused-ring (bicyclic) bond motifs is 4. The molecule has 0 bridgehead atoms. The number of carbonyl (C=O) groups is 1. The Morgan fingerprint density at radius 1 is 1.19 bits per heavy atom. The Labute approximate surface area is 218 Å². The Balaban J connectivity index is 1.39. The molecule has 37 heavy (non-hydrogen) atoms. The zero-order chi connectivity index (χ0) is 25.3. The molecule has 5 heterocycles. The van der Waals surface area contributed by atoms with Crippen molar-refractivity contribution < 1.29 is 14.3 Å². The van der Waals surface area contributed by atoms with Gasteiger partial charge in [0, 0.05) is 48.6 Å². The van der Waals surface area contributed by atoms with Gasteiger partial charge in [0.1, 0.15) is 11.6 Å². The summed E-state index contributed by atoms with van der Waals surface area (Å²) >= 11 is 6.40. The number of likely N-dealkylation sites (N-methyl/N-ethyl adjacent to an activating group) is 1. The number of H-pyrrole nitrogens is 1. The van der Waals surface area contributed by atoms with E-state index in [2.05, 4.69) is 32.5 Å². The standard InChI is InChI=1S/C27H25ClN6O3/c1-34-11-13(12-34)37-20-7-6-17-22(32-20)14(8-9-29-17)24-25(30-18-5-3-4-16(28)26(18)36-2)21-23(33-24)15-10-19(15)31-27(21)35/h3-9,13,15,19,30,33H,10-12H2,1-2H3,(H,31,35)/t15-,19+/m1/s1. The van der Waals surface area contributed by atoms with Gasteiger partial charge in [-0.3, -0.25) is 14.7 Å². The molecular formula is C27H25ClN6O3. The van der Waals surface area contributed by atoms with E-state index in [-0.39, 0.29) is 24.0 Å². The number of halogens is 1. The monoisotopic (exact) mass is 516 g/mol. The molecule has 1 aliphatic carbocycles. The summed E-state index contributed by atoms with van der Waals surface area (Å²) in [5.74, 6) is 1.22. The first-order chi connectivity index (χ1) is 18.0. The first-order valence-electron chi connectivity index (χ1n) is 12.3. The molecule has 1 saturated carbocycles. The summed E-state index contributed by atoms with van der Waals surface area (Å²) in [5.41, 5.74) is 5.86. The molecule has 1 amide bonds. The molecular weight excluding hydrogens is 492 g/mol. The van der Waals surface area contributed by atoms with Gasteiger partial charge in [-0.1, -0.05) is 17.7 Å². The number of rotatable bonds is 6. The van der Waals surface area contributed by atoms with E-state index in [0.717, 1.165) is 42.0 Å². The molecule has 3 aliphatic rings. The van der Waals surface area contributed by atoms with Crippen molar-refractivity contribution in [3.63, 3.8) is 0 Å². The molecule has 3 N–H and O–H groups in total. The molecule has 1 aromatic carbocycles. The van der Waals surface area contributed by atoms with Gasteiger partial charge in [0.05, 0.1) is 40.3 Å². The lowest BCUT2D eigenvalue weighted by atomic mass is 10.0. The highest BCUT2D eigenvalue weighted by molar-refractivity contribution is 6.32. The van der Waals surface area contributed by atoms with E-state index in [4.69, 9.17) is 26.1 Å². The average molecular weight is 517 g/mol. The molecule has 0 radical (unpaired) electrons. The van der Waals surface area contributed by atoms with Gasteiger partial charge < -0.3 is 25.1 Å². The maximum atomic E-state index is 13.2. The van der Waals surface area contributed by atoms with Crippen LogP contribution in [0, 0.1) is 0 Å². The fraction of sp³-hybridized carbons (Fsp3) is 0.296. The molecule has 7 rings (SSSR count). The third-order valence-electron chi connectivity index (χ3n) is 7.31. The number of ether oxygens (including phenoxy) is 2. The minimum absolute atomic E-state index is 0.107. The predicted molar refractivity (Wildman–Crippen MR) is 141 cm³/mol. The van der Waals surface area contributed by atoms with E-state index in [1.165, 1.54) is 0 Å². The average Bonchev–Trinajstić information content (AvgIpc) is 3.55. The van der Waals surface area contributed by atoms with E-state index in [9.17, 15) is 4.79 Å². The molecule has 0 unspecified atom stereocenters. The van der Waals surface area contributed by atoms with E-state index in [1.54, 1.807) is 19.4 Å². The van der Waals surface area contributed by atoms with Gasteiger partial charge in [0.2, 0.25) is 5.88 Å². The maximum absolute atomic E-state index is 13.2. The number of methoxy groups -OCH3 is 1. The summed E-state index contributed by atoms with van der Waals surface area (Å²) in [6.07, 6.45) is 2.79. The molecule has 2 aliphatic heterocycles. The summed E-state index contributed by atoms with van der Waals surface area (Å²) in [4.78, 5) is 28.4. The van der Waals surface area contributed by atoms with E-state index >= 15 is 0 Å². The lowest BCUT2D eigenvalue weighted by Crippen LogP contribution is -2.51. The summed E-state index contributed by atoms with van der Waals surface area (Å²) in [6, 6.07) is 11.3. The number of pyridine rings is 2. The Hall–Kier alpha value is -3.82. The fourth-order valence-corrected chi connectivity index (χ4v) is 5.64. The normalized spacial score (nSPS) is 20.6. The highest BCUT2D eigenvalue weighted by Crippen LogP contribution is 2.51. The Morgan fingerprint density at radius 2 is 2.05 bits per heavy atom. The second-order valence-corrected chi connectivity index (χ2v) is 10.3. The van der Waals surface area contributed by atoms with Crippen LogP contribution in [0.4, 0.5) is 11.4 Å². The van der Waals surface area contributed by atoms with Crippen molar-refractivity contribution in [2.45, 2.75) is 24.5 Å². The second kappa shape index (κ2) is 8.36. The number of benzene rings is 1. The van der Waals surface area contributed by atoms with Crippen molar-refractivity contribution in [1.29, 1.82) is 0 Å². The van der Waals surface area contributed by atoms with Gasteiger partial charge in [0.25, 0.3) is 5.91 Å². The smallest absolute Gasteiger partial charge is 0.255 e. The van der Waals surface area contributed by atoms with Crippen LogP contribution in [0.25, 0.3) is 22.3 Å². The van der Waals surface area contributed by atoms with Crippen molar-refractivity contribution in [3.8, 4) is 22.9 Å². The van der Waals surface area contributed by atoms with Crippen LogP contribution >= 0.6 is 11.6 Å². The van der Waals surface area contributed by atoms with Crippen LogP contribution in [-0.2, 0) is 0 Å². The second-order valence-electron chi connectivity index (χ2n) is 9.87. The predicted octanol–water partition coefficient (Wildman–Crippen LogP) is 4.32. The number of carbonyl (C=O) groups excluding carboxylic acids is 1.